The Morgan fingerprint density at radius 3 is 2.86 bits per heavy atom. The standard InChI is InChI=1S/C25H23N7O2S/c1-16-19(4-2-11-32(16)24(34)20-14-31-10-3-9-27-25(31)30-20)23(33)28-13-22-29-21(15-35-22)18-7-5-17(12-26)6-8-18/h3,5-10,14-16,19H,2,4,11,13H2,1H3,(H,28,33)/t16-,19-/m0/s1. The van der Waals surface area contributed by atoms with Crippen LogP contribution < -0.4 is 5.32 Å². The zero-order valence-electron chi connectivity index (χ0n) is 19.1. The molecule has 1 N–H and O–H groups in total. The van der Waals surface area contributed by atoms with E-state index in [4.69, 9.17) is 5.26 Å². The van der Waals surface area contributed by atoms with Gasteiger partial charge in [-0.3, -0.25) is 14.0 Å². The van der Waals surface area contributed by atoms with Gasteiger partial charge in [0.25, 0.3) is 5.91 Å². The SMILES string of the molecule is C[C@H]1[C@@H](C(=O)NCc2nc(-c3ccc(C#N)cc3)cs2)CCCN1C(=O)c1cn2cccnc2n1. The lowest BCUT2D eigenvalue weighted by Crippen LogP contribution is -2.51. The molecular weight excluding hydrogens is 462 g/mol. The highest BCUT2D eigenvalue weighted by Gasteiger charge is 2.36. The molecule has 3 aromatic heterocycles. The van der Waals surface area contributed by atoms with Crippen LogP contribution >= 0.6 is 11.3 Å². The van der Waals surface area contributed by atoms with Crippen LogP contribution in [0.1, 0.15) is 40.8 Å². The molecule has 35 heavy (non-hydrogen) atoms. The quantitative estimate of drug-likeness (QED) is 0.464. The topological polar surface area (TPSA) is 116 Å². The molecule has 4 heterocycles. The Balaban J connectivity index is 1.22. The molecule has 0 unspecified atom stereocenters. The van der Waals surface area contributed by atoms with Crippen molar-refractivity contribution in [2.24, 2.45) is 5.92 Å². The average Bonchev–Trinajstić information content (AvgIpc) is 3.54. The zero-order chi connectivity index (χ0) is 24.4. The van der Waals surface area contributed by atoms with Crippen LogP contribution in [0.2, 0.25) is 0 Å². The predicted octanol–water partition coefficient (Wildman–Crippen LogP) is 3.28. The van der Waals surface area contributed by atoms with Crippen molar-refractivity contribution < 1.29 is 9.59 Å². The van der Waals surface area contributed by atoms with Crippen molar-refractivity contribution in [3.05, 3.63) is 70.6 Å². The number of imidazole rings is 1. The van der Waals surface area contributed by atoms with Gasteiger partial charge in [0.1, 0.15) is 10.7 Å². The van der Waals surface area contributed by atoms with Crippen LogP contribution in [0.25, 0.3) is 17.0 Å². The second-order valence-electron chi connectivity index (χ2n) is 8.47. The Labute approximate surface area is 206 Å². The lowest BCUT2D eigenvalue weighted by molar-refractivity contribution is -0.128. The first kappa shape index (κ1) is 22.7. The summed E-state index contributed by atoms with van der Waals surface area (Å²) in [5.74, 6) is -0.103. The molecule has 0 spiro atoms. The molecule has 9 nitrogen and oxygen atoms in total. The monoisotopic (exact) mass is 485 g/mol. The van der Waals surface area contributed by atoms with E-state index in [2.05, 4.69) is 26.3 Å². The Kier molecular flexibility index (Phi) is 6.25. The number of hydrogen-bond acceptors (Lipinski definition) is 7. The summed E-state index contributed by atoms with van der Waals surface area (Å²) < 4.78 is 1.71. The lowest BCUT2D eigenvalue weighted by Gasteiger charge is -2.38. The predicted molar refractivity (Wildman–Crippen MR) is 130 cm³/mol. The maximum absolute atomic E-state index is 13.2. The van der Waals surface area contributed by atoms with Crippen molar-refractivity contribution >= 4 is 28.9 Å². The molecule has 2 atom stereocenters. The Morgan fingerprint density at radius 1 is 1.26 bits per heavy atom. The fourth-order valence-corrected chi connectivity index (χ4v) is 5.14. The number of thiazole rings is 1. The molecule has 1 aromatic carbocycles. The highest BCUT2D eigenvalue weighted by atomic mass is 32.1. The van der Waals surface area contributed by atoms with E-state index < -0.39 is 0 Å². The molecule has 2 amide bonds. The van der Waals surface area contributed by atoms with E-state index in [1.54, 1.807) is 46.1 Å². The molecule has 0 bridgehead atoms. The van der Waals surface area contributed by atoms with Gasteiger partial charge in [-0.05, 0) is 38.0 Å². The number of benzene rings is 1. The zero-order valence-corrected chi connectivity index (χ0v) is 19.9. The maximum atomic E-state index is 13.2. The molecule has 1 aliphatic rings. The molecule has 0 aliphatic carbocycles. The van der Waals surface area contributed by atoms with Gasteiger partial charge in [-0.25, -0.2) is 15.0 Å². The van der Waals surface area contributed by atoms with Crippen LogP contribution in [-0.4, -0.2) is 48.7 Å². The van der Waals surface area contributed by atoms with Crippen LogP contribution in [0.5, 0.6) is 0 Å². The highest BCUT2D eigenvalue weighted by Crippen LogP contribution is 2.26. The van der Waals surface area contributed by atoms with Crippen LogP contribution in [0, 0.1) is 17.2 Å². The van der Waals surface area contributed by atoms with Gasteiger partial charge >= 0.3 is 0 Å². The number of hydrogen-bond donors (Lipinski definition) is 1. The Morgan fingerprint density at radius 2 is 2.09 bits per heavy atom. The number of carbonyl (C=O) groups excluding carboxylic acids is 2. The Bertz CT molecular complexity index is 1390. The minimum atomic E-state index is -0.305. The van der Waals surface area contributed by atoms with Crippen LogP contribution in [-0.2, 0) is 11.3 Å². The van der Waals surface area contributed by atoms with E-state index >= 15 is 0 Å². The molecule has 176 valence electrons. The van der Waals surface area contributed by atoms with Crippen molar-refractivity contribution in [1.82, 2.24) is 29.6 Å². The largest absolute Gasteiger partial charge is 0.349 e. The number of nitrogens with zero attached hydrogens (tertiary/aromatic N) is 6. The number of nitriles is 1. The van der Waals surface area contributed by atoms with E-state index in [0.29, 0.717) is 30.1 Å². The summed E-state index contributed by atoms with van der Waals surface area (Å²) >= 11 is 1.48. The summed E-state index contributed by atoms with van der Waals surface area (Å²) in [5.41, 5.74) is 2.67. The van der Waals surface area contributed by atoms with Crippen molar-refractivity contribution in [2.45, 2.75) is 32.4 Å². The molecule has 4 aromatic rings. The first-order valence-corrected chi connectivity index (χ1v) is 12.2. The van der Waals surface area contributed by atoms with Gasteiger partial charge in [0, 0.05) is 42.1 Å². The van der Waals surface area contributed by atoms with E-state index in [-0.39, 0.29) is 23.8 Å². The normalized spacial score (nSPS) is 17.8. The fraction of sp³-hybridized carbons (Fsp3) is 0.280. The Hall–Kier alpha value is -4.10. The molecule has 0 saturated carbocycles. The minimum Gasteiger partial charge on any atom is -0.349 e. The van der Waals surface area contributed by atoms with E-state index in [1.165, 1.54) is 11.3 Å². The van der Waals surface area contributed by atoms with Gasteiger partial charge in [0.2, 0.25) is 11.7 Å². The number of piperidine rings is 1. The van der Waals surface area contributed by atoms with Crippen molar-refractivity contribution in [1.29, 1.82) is 5.26 Å². The van der Waals surface area contributed by atoms with Gasteiger partial charge < -0.3 is 10.2 Å². The second kappa shape index (κ2) is 9.64. The van der Waals surface area contributed by atoms with Crippen molar-refractivity contribution in [2.75, 3.05) is 6.54 Å². The molecule has 5 rings (SSSR count). The summed E-state index contributed by atoms with van der Waals surface area (Å²) in [6.45, 7) is 2.84. The van der Waals surface area contributed by atoms with Crippen molar-refractivity contribution in [3.63, 3.8) is 0 Å². The maximum Gasteiger partial charge on any atom is 0.274 e. The third-order valence-electron chi connectivity index (χ3n) is 6.32. The van der Waals surface area contributed by atoms with Crippen LogP contribution in [0.15, 0.2) is 54.3 Å². The molecule has 1 fully saturated rings. The van der Waals surface area contributed by atoms with Crippen molar-refractivity contribution in [3.8, 4) is 17.3 Å². The minimum absolute atomic E-state index is 0.0817. The number of carbonyl (C=O) groups is 2. The first-order valence-electron chi connectivity index (χ1n) is 11.4. The van der Waals surface area contributed by atoms with Gasteiger partial charge in [0.15, 0.2) is 0 Å². The average molecular weight is 486 g/mol. The number of nitrogens with one attached hydrogen (secondary N) is 1. The van der Waals surface area contributed by atoms with Crippen LogP contribution in [0.3, 0.4) is 0 Å². The second-order valence-corrected chi connectivity index (χ2v) is 9.42. The number of amides is 2. The smallest absolute Gasteiger partial charge is 0.274 e. The van der Waals surface area contributed by atoms with Gasteiger partial charge in [-0.1, -0.05) is 12.1 Å². The first-order chi connectivity index (χ1) is 17.0. The van der Waals surface area contributed by atoms with Gasteiger partial charge in [-0.15, -0.1) is 11.3 Å². The van der Waals surface area contributed by atoms with E-state index in [0.717, 1.165) is 29.1 Å². The number of aromatic nitrogens is 4. The van der Waals surface area contributed by atoms with Crippen LogP contribution in [0.4, 0.5) is 0 Å². The van der Waals surface area contributed by atoms with Gasteiger partial charge in [-0.2, -0.15) is 5.26 Å². The summed E-state index contributed by atoms with van der Waals surface area (Å²) in [6.07, 6.45) is 6.58. The lowest BCUT2D eigenvalue weighted by atomic mass is 9.89. The van der Waals surface area contributed by atoms with E-state index in [9.17, 15) is 9.59 Å². The number of fused-ring (bicyclic) bond motifs is 1. The molecule has 1 aliphatic heterocycles. The fourth-order valence-electron chi connectivity index (χ4n) is 4.39. The van der Waals surface area contributed by atoms with Gasteiger partial charge in [0.05, 0.1) is 29.8 Å². The number of rotatable bonds is 5. The molecule has 0 radical (unpaired) electrons. The summed E-state index contributed by atoms with van der Waals surface area (Å²) in [4.78, 5) is 41.1. The number of likely N-dealkylation sites (tertiary alicyclic amines) is 1. The molecular formula is C25H23N7O2S. The third kappa shape index (κ3) is 4.63. The summed E-state index contributed by atoms with van der Waals surface area (Å²) in [5, 5.41) is 14.7. The molecule has 10 heteroatoms. The van der Waals surface area contributed by atoms with E-state index in [1.807, 2.05) is 24.4 Å². The third-order valence-corrected chi connectivity index (χ3v) is 7.16. The highest BCUT2D eigenvalue weighted by molar-refractivity contribution is 7.09. The summed E-state index contributed by atoms with van der Waals surface area (Å²) in [6, 6.07) is 10.9. The summed E-state index contributed by atoms with van der Waals surface area (Å²) in [7, 11) is 0. The molecule has 1 saturated heterocycles.